The minimum atomic E-state index is -2.26. The Bertz CT molecular complexity index is 638. The van der Waals surface area contributed by atoms with Crippen LogP contribution in [0.15, 0.2) is 0 Å². The molecule has 0 aromatic rings. The summed E-state index contributed by atoms with van der Waals surface area (Å²) in [4.78, 5) is 51.2. The molecular formula is C19H31NO8. The average Bonchev–Trinajstić information content (AvgIpc) is 2.72. The lowest BCUT2D eigenvalue weighted by Gasteiger charge is -2.43. The van der Waals surface area contributed by atoms with Crippen molar-refractivity contribution in [1.82, 2.24) is 4.90 Å². The van der Waals surface area contributed by atoms with Crippen molar-refractivity contribution in [2.24, 2.45) is 11.8 Å². The van der Waals surface area contributed by atoms with E-state index in [0.717, 1.165) is 6.92 Å². The summed E-state index contributed by atoms with van der Waals surface area (Å²) in [6.45, 7) is 12.1. The molecular weight excluding hydrogens is 370 g/mol. The summed E-state index contributed by atoms with van der Waals surface area (Å²) in [6.07, 6.45) is -4.11. The molecule has 0 aromatic heterocycles. The van der Waals surface area contributed by atoms with Crippen LogP contribution >= 0.6 is 0 Å². The number of aliphatic hydroxyl groups is 1. The molecule has 0 unspecified atom stereocenters. The van der Waals surface area contributed by atoms with Crippen molar-refractivity contribution in [1.29, 1.82) is 0 Å². The average molecular weight is 401 g/mol. The third-order valence-corrected chi connectivity index (χ3v) is 4.42. The van der Waals surface area contributed by atoms with Crippen molar-refractivity contribution in [2.75, 3.05) is 6.61 Å². The Kier molecular flexibility index (Phi) is 7.22. The van der Waals surface area contributed by atoms with Gasteiger partial charge < -0.3 is 19.3 Å². The zero-order valence-electron chi connectivity index (χ0n) is 17.8. The number of imide groups is 1. The lowest BCUT2D eigenvalue weighted by Crippen LogP contribution is -2.69. The van der Waals surface area contributed by atoms with Crippen molar-refractivity contribution in [3.8, 4) is 0 Å². The molecule has 160 valence electrons. The zero-order valence-corrected chi connectivity index (χ0v) is 17.8. The third kappa shape index (κ3) is 4.29. The van der Waals surface area contributed by atoms with Gasteiger partial charge in [-0.2, -0.15) is 0 Å². The zero-order chi connectivity index (χ0) is 22.0. The number of ether oxygens (including phenoxy) is 3. The monoisotopic (exact) mass is 401 g/mol. The van der Waals surface area contributed by atoms with Crippen molar-refractivity contribution in [3.63, 3.8) is 0 Å². The highest BCUT2D eigenvalue weighted by Gasteiger charge is 2.70. The Morgan fingerprint density at radius 1 is 1.25 bits per heavy atom. The van der Waals surface area contributed by atoms with Gasteiger partial charge in [0.05, 0.1) is 12.5 Å². The number of amides is 2. The SMILES string of the molecule is CCOC(=O)[C@@]1([C@@H](OC(C)=O)C(C)C)[C@@H](O)[C@@H](C)C(=O)N1C(=O)OC(C)(C)C. The Morgan fingerprint density at radius 2 is 1.79 bits per heavy atom. The molecule has 0 aliphatic carbocycles. The first kappa shape index (κ1) is 23.9. The molecule has 0 radical (unpaired) electrons. The Labute approximate surface area is 165 Å². The van der Waals surface area contributed by atoms with E-state index >= 15 is 0 Å². The lowest BCUT2D eigenvalue weighted by molar-refractivity contribution is -0.187. The van der Waals surface area contributed by atoms with Crippen molar-refractivity contribution in [3.05, 3.63) is 0 Å². The van der Waals surface area contributed by atoms with Gasteiger partial charge in [0.2, 0.25) is 11.4 Å². The van der Waals surface area contributed by atoms with Crippen molar-refractivity contribution >= 4 is 23.9 Å². The first-order valence-corrected chi connectivity index (χ1v) is 9.31. The van der Waals surface area contributed by atoms with E-state index in [0.29, 0.717) is 4.90 Å². The largest absolute Gasteiger partial charge is 0.464 e. The van der Waals surface area contributed by atoms with Crippen LogP contribution in [0.4, 0.5) is 4.79 Å². The summed E-state index contributed by atoms with van der Waals surface area (Å²) in [5.74, 6) is -4.23. The van der Waals surface area contributed by atoms with E-state index < -0.39 is 59.1 Å². The molecule has 1 heterocycles. The maximum absolute atomic E-state index is 13.1. The summed E-state index contributed by atoms with van der Waals surface area (Å²) in [6, 6.07) is 0. The van der Waals surface area contributed by atoms with Crippen LogP contribution in [0.25, 0.3) is 0 Å². The fourth-order valence-electron chi connectivity index (χ4n) is 3.37. The van der Waals surface area contributed by atoms with E-state index in [4.69, 9.17) is 14.2 Å². The lowest BCUT2D eigenvalue weighted by atomic mass is 9.79. The van der Waals surface area contributed by atoms with Gasteiger partial charge in [-0.3, -0.25) is 9.59 Å². The first-order valence-electron chi connectivity index (χ1n) is 9.31. The molecule has 9 heteroatoms. The molecule has 1 aliphatic heterocycles. The third-order valence-electron chi connectivity index (χ3n) is 4.42. The van der Waals surface area contributed by atoms with Gasteiger partial charge in [0.25, 0.3) is 0 Å². The molecule has 0 aromatic carbocycles. The molecule has 1 rings (SSSR count). The maximum Gasteiger partial charge on any atom is 0.418 e. The highest BCUT2D eigenvalue weighted by Crippen LogP contribution is 2.43. The normalized spacial score (nSPS) is 26.2. The van der Waals surface area contributed by atoms with E-state index in [1.54, 1.807) is 41.5 Å². The molecule has 9 nitrogen and oxygen atoms in total. The van der Waals surface area contributed by atoms with Gasteiger partial charge in [0, 0.05) is 6.92 Å². The second-order valence-electron chi connectivity index (χ2n) is 8.21. The van der Waals surface area contributed by atoms with E-state index in [9.17, 15) is 24.3 Å². The van der Waals surface area contributed by atoms with Crippen LogP contribution in [-0.2, 0) is 28.6 Å². The highest BCUT2D eigenvalue weighted by molar-refractivity contribution is 6.04. The van der Waals surface area contributed by atoms with Gasteiger partial charge in [-0.1, -0.05) is 20.8 Å². The molecule has 0 spiro atoms. The second kappa shape index (κ2) is 8.46. The van der Waals surface area contributed by atoms with Crippen LogP contribution in [0, 0.1) is 11.8 Å². The predicted molar refractivity (Wildman–Crippen MR) is 98.0 cm³/mol. The number of hydrogen-bond donors (Lipinski definition) is 1. The quantitative estimate of drug-likeness (QED) is 0.545. The number of nitrogens with zero attached hydrogens (tertiary/aromatic N) is 1. The second-order valence-corrected chi connectivity index (χ2v) is 8.21. The minimum Gasteiger partial charge on any atom is -0.464 e. The first-order chi connectivity index (χ1) is 12.7. The van der Waals surface area contributed by atoms with Gasteiger partial charge in [0.1, 0.15) is 17.8 Å². The molecule has 1 saturated heterocycles. The Balaban J connectivity index is 3.74. The number of carbonyl (C=O) groups excluding carboxylic acids is 4. The van der Waals surface area contributed by atoms with Crippen molar-refractivity contribution < 1.29 is 38.5 Å². The molecule has 0 bridgehead atoms. The molecule has 1 N–H and O–H groups in total. The molecule has 0 saturated carbocycles. The topological polar surface area (TPSA) is 119 Å². The standard InChI is InChI=1S/C19H31NO8/c1-9-26-16(24)19(14(10(2)3)27-12(5)21)13(22)11(4)15(23)20(19)17(25)28-18(6,7)8/h10-11,13-14,22H,9H2,1-8H3/t11-,13+,14+,19+/m1/s1. The Morgan fingerprint density at radius 3 is 2.18 bits per heavy atom. The summed E-state index contributed by atoms with van der Waals surface area (Å²) in [7, 11) is 0. The predicted octanol–water partition coefficient (Wildman–Crippen LogP) is 1.65. The molecule has 1 aliphatic rings. The number of hydrogen-bond acceptors (Lipinski definition) is 8. The summed E-state index contributed by atoms with van der Waals surface area (Å²) < 4.78 is 15.8. The summed E-state index contributed by atoms with van der Waals surface area (Å²) >= 11 is 0. The highest BCUT2D eigenvalue weighted by atomic mass is 16.6. The van der Waals surface area contributed by atoms with E-state index in [1.807, 2.05) is 0 Å². The fraction of sp³-hybridized carbons (Fsp3) is 0.789. The number of aliphatic hydroxyl groups excluding tert-OH is 1. The number of likely N-dealkylation sites (tertiary alicyclic amines) is 1. The van der Waals surface area contributed by atoms with Crippen LogP contribution < -0.4 is 0 Å². The molecule has 2 amide bonds. The fourth-order valence-corrected chi connectivity index (χ4v) is 3.37. The Hall–Kier alpha value is -2.16. The van der Waals surface area contributed by atoms with E-state index in [1.165, 1.54) is 6.92 Å². The van der Waals surface area contributed by atoms with Gasteiger partial charge in [0.15, 0.2) is 0 Å². The maximum atomic E-state index is 13.1. The van der Waals surface area contributed by atoms with Crippen LogP contribution in [0.5, 0.6) is 0 Å². The van der Waals surface area contributed by atoms with E-state index in [-0.39, 0.29) is 6.61 Å². The van der Waals surface area contributed by atoms with Crippen LogP contribution in [0.2, 0.25) is 0 Å². The molecule has 4 atom stereocenters. The number of esters is 2. The molecule has 28 heavy (non-hydrogen) atoms. The van der Waals surface area contributed by atoms with Crippen molar-refractivity contribution in [2.45, 2.75) is 78.7 Å². The minimum absolute atomic E-state index is 0.0665. The van der Waals surface area contributed by atoms with Crippen LogP contribution in [-0.4, -0.2) is 63.9 Å². The van der Waals surface area contributed by atoms with Crippen LogP contribution in [0.1, 0.15) is 55.4 Å². The number of rotatable bonds is 5. The molecule has 1 fully saturated rings. The summed E-state index contributed by atoms with van der Waals surface area (Å²) in [5, 5.41) is 11.0. The van der Waals surface area contributed by atoms with E-state index in [2.05, 4.69) is 0 Å². The van der Waals surface area contributed by atoms with Gasteiger partial charge in [-0.25, -0.2) is 14.5 Å². The van der Waals surface area contributed by atoms with Gasteiger partial charge in [-0.15, -0.1) is 0 Å². The number of carbonyl (C=O) groups is 4. The van der Waals surface area contributed by atoms with Gasteiger partial charge >= 0.3 is 18.0 Å². The smallest absolute Gasteiger partial charge is 0.418 e. The van der Waals surface area contributed by atoms with Crippen LogP contribution in [0.3, 0.4) is 0 Å². The van der Waals surface area contributed by atoms with Gasteiger partial charge in [-0.05, 0) is 33.6 Å². The summed E-state index contributed by atoms with van der Waals surface area (Å²) in [5.41, 5.74) is -3.22.